The molecule has 1 saturated carbocycles. The standard InChI is InChI=1S/C16H23FN2O/c17-15-11-14(20-12-13-3-1-2-4-13)5-6-16(15)19-9-7-18-8-10-19/h5-6,11,13,18H,1-4,7-10,12H2. The van der Waals surface area contributed by atoms with Crippen molar-refractivity contribution in [3.8, 4) is 5.75 Å². The van der Waals surface area contributed by atoms with Gasteiger partial charge in [0, 0.05) is 32.2 Å². The first-order valence-electron chi connectivity index (χ1n) is 7.71. The predicted octanol–water partition coefficient (Wildman–Crippen LogP) is 2.80. The van der Waals surface area contributed by atoms with Gasteiger partial charge in [-0.25, -0.2) is 4.39 Å². The number of halogens is 1. The molecular weight excluding hydrogens is 255 g/mol. The molecular formula is C16H23FN2O. The summed E-state index contributed by atoms with van der Waals surface area (Å²) in [7, 11) is 0. The van der Waals surface area contributed by atoms with E-state index in [0.29, 0.717) is 17.4 Å². The fraction of sp³-hybridized carbons (Fsp3) is 0.625. The number of nitrogens with zero attached hydrogens (tertiary/aromatic N) is 1. The van der Waals surface area contributed by atoms with Gasteiger partial charge in [0.25, 0.3) is 0 Å². The molecule has 1 aliphatic carbocycles. The van der Waals surface area contributed by atoms with Crippen LogP contribution in [0.5, 0.6) is 5.75 Å². The molecule has 3 nitrogen and oxygen atoms in total. The Balaban J connectivity index is 1.60. The molecule has 1 aromatic carbocycles. The average Bonchev–Trinajstić information content (AvgIpc) is 2.99. The van der Waals surface area contributed by atoms with Crippen LogP contribution < -0.4 is 15.0 Å². The zero-order valence-corrected chi connectivity index (χ0v) is 11.9. The van der Waals surface area contributed by atoms with E-state index in [1.165, 1.54) is 31.7 Å². The molecule has 1 saturated heterocycles. The van der Waals surface area contributed by atoms with Crippen LogP contribution in [0.3, 0.4) is 0 Å². The summed E-state index contributed by atoms with van der Waals surface area (Å²) in [6.45, 7) is 4.28. The van der Waals surface area contributed by atoms with Gasteiger partial charge in [-0.05, 0) is 30.9 Å². The molecule has 2 fully saturated rings. The highest BCUT2D eigenvalue weighted by Gasteiger charge is 2.17. The van der Waals surface area contributed by atoms with Gasteiger partial charge in [0.1, 0.15) is 11.6 Å². The topological polar surface area (TPSA) is 24.5 Å². The second kappa shape index (κ2) is 6.44. The molecule has 1 heterocycles. The van der Waals surface area contributed by atoms with Crippen LogP contribution in [0.25, 0.3) is 0 Å². The van der Waals surface area contributed by atoms with E-state index in [-0.39, 0.29) is 5.82 Å². The van der Waals surface area contributed by atoms with Crippen molar-refractivity contribution in [3.63, 3.8) is 0 Å². The number of benzene rings is 1. The lowest BCUT2D eigenvalue weighted by atomic mass is 10.1. The summed E-state index contributed by atoms with van der Waals surface area (Å²) in [6.07, 6.45) is 5.12. The van der Waals surface area contributed by atoms with Gasteiger partial charge in [0.15, 0.2) is 0 Å². The Kier molecular flexibility index (Phi) is 4.41. The van der Waals surface area contributed by atoms with E-state index in [1.807, 2.05) is 12.1 Å². The van der Waals surface area contributed by atoms with Crippen molar-refractivity contribution in [1.29, 1.82) is 0 Å². The summed E-state index contributed by atoms with van der Waals surface area (Å²) in [5, 5.41) is 3.28. The number of piperazine rings is 1. The number of anilines is 1. The first-order chi connectivity index (χ1) is 9.83. The third-order valence-electron chi connectivity index (χ3n) is 4.34. The summed E-state index contributed by atoms with van der Waals surface area (Å²) < 4.78 is 19.9. The van der Waals surface area contributed by atoms with Gasteiger partial charge in [0.05, 0.1) is 12.3 Å². The second-order valence-electron chi connectivity index (χ2n) is 5.81. The normalized spacial score (nSPS) is 20.4. The quantitative estimate of drug-likeness (QED) is 0.916. The number of rotatable bonds is 4. The van der Waals surface area contributed by atoms with Gasteiger partial charge in [-0.2, -0.15) is 0 Å². The minimum Gasteiger partial charge on any atom is -0.493 e. The lowest BCUT2D eigenvalue weighted by molar-refractivity contribution is 0.251. The second-order valence-corrected chi connectivity index (χ2v) is 5.81. The Bertz CT molecular complexity index is 440. The fourth-order valence-corrected chi connectivity index (χ4v) is 3.13. The highest BCUT2D eigenvalue weighted by atomic mass is 19.1. The van der Waals surface area contributed by atoms with Crippen molar-refractivity contribution in [2.24, 2.45) is 5.92 Å². The molecule has 3 rings (SSSR count). The van der Waals surface area contributed by atoms with E-state index in [9.17, 15) is 4.39 Å². The minimum atomic E-state index is -0.171. The third-order valence-corrected chi connectivity index (χ3v) is 4.34. The summed E-state index contributed by atoms with van der Waals surface area (Å²) in [4.78, 5) is 2.09. The smallest absolute Gasteiger partial charge is 0.150 e. The van der Waals surface area contributed by atoms with Crippen molar-refractivity contribution in [1.82, 2.24) is 5.32 Å². The van der Waals surface area contributed by atoms with Gasteiger partial charge in [0.2, 0.25) is 0 Å². The highest BCUT2D eigenvalue weighted by Crippen LogP contribution is 2.28. The zero-order chi connectivity index (χ0) is 13.8. The number of hydrogen-bond donors (Lipinski definition) is 1. The summed E-state index contributed by atoms with van der Waals surface area (Å²) in [6, 6.07) is 5.28. The summed E-state index contributed by atoms with van der Waals surface area (Å²) >= 11 is 0. The van der Waals surface area contributed by atoms with Crippen LogP contribution in [0.1, 0.15) is 25.7 Å². The number of hydrogen-bond acceptors (Lipinski definition) is 3. The van der Waals surface area contributed by atoms with E-state index in [2.05, 4.69) is 10.2 Å². The van der Waals surface area contributed by atoms with Crippen molar-refractivity contribution < 1.29 is 9.13 Å². The lowest BCUT2D eigenvalue weighted by Gasteiger charge is -2.29. The monoisotopic (exact) mass is 278 g/mol. The largest absolute Gasteiger partial charge is 0.493 e. The Morgan fingerprint density at radius 1 is 1.20 bits per heavy atom. The average molecular weight is 278 g/mol. The van der Waals surface area contributed by atoms with Crippen LogP contribution >= 0.6 is 0 Å². The van der Waals surface area contributed by atoms with Gasteiger partial charge in [-0.1, -0.05) is 12.8 Å². The molecule has 1 aromatic rings. The molecule has 20 heavy (non-hydrogen) atoms. The molecule has 0 radical (unpaired) electrons. The maximum atomic E-state index is 14.2. The SMILES string of the molecule is Fc1cc(OCC2CCCC2)ccc1N1CCNCC1. The van der Waals surface area contributed by atoms with Crippen molar-refractivity contribution in [2.75, 3.05) is 37.7 Å². The van der Waals surface area contributed by atoms with Crippen LogP contribution in [-0.4, -0.2) is 32.8 Å². The van der Waals surface area contributed by atoms with E-state index in [4.69, 9.17) is 4.74 Å². The van der Waals surface area contributed by atoms with Gasteiger partial charge >= 0.3 is 0 Å². The zero-order valence-electron chi connectivity index (χ0n) is 11.9. The minimum absolute atomic E-state index is 0.171. The molecule has 0 atom stereocenters. The lowest BCUT2D eigenvalue weighted by Crippen LogP contribution is -2.43. The van der Waals surface area contributed by atoms with Gasteiger partial charge in [-0.15, -0.1) is 0 Å². The van der Waals surface area contributed by atoms with Crippen LogP contribution in [0.2, 0.25) is 0 Å². The molecule has 110 valence electrons. The summed E-state index contributed by atoms with van der Waals surface area (Å²) in [5.74, 6) is 1.15. The Hall–Kier alpha value is -1.29. The molecule has 0 unspecified atom stereocenters. The van der Waals surface area contributed by atoms with E-state index < -0.39 is 0 Å². The highest BCUT2D eigenvalue weighted by molar-refractivity contribution is 5.51. The van der Waals surface area contributed by atoms with Crippen LogP contribution in [-0.2, 0) is 0 Å². The first-order valence-corrected chi connectivity index (χ1v) is 7.71. The van der Waals surface area contributed by atoms with Crippen molar-refractivity contribution in [3.05, 3.63) is 24.0 Å². The van der Waals surface area contributed by atoms with E-state index in [0.717, 1.165) is 32.8 Å². The van der Waals surface area contributed by atoms with E-state index >= 15 is 0 Å². The molecule has 1 N–H and O–H groups in total. The first kappa shape index (κ1) is 13.7. The van der Waals surface area contributed by atoms with Gasteiger partial charge < -0.3 is 15.0 Å². The summed E-state index contributed by atoms with van der Waals surface area (Å²) in [5.41, 5.74) is 0.694. The molecule has 0 aromatic heterocycles. The fourth-order valence-electron chi connectivity index (χ4n) is 3.13. The predicted molar refractivity (Wildman–Crippen MR) is 78.9 cm³/mol. The van der Waals surface area contributed by atoms with Crippen LogP contribution in [0, 0.1) is 11.7 Å². The Morgan fingerprint density at radius 2 is 1.95 bits per heavy atom. The molecule has 2 aliphatic rings. The maximum Gasteiger partial charge on any atom is 0.150 e. The third kappa shape index (κ3) is 3.23. The van der Waals surface area contributed by atoms with Crippen LogP contribution in [0.4, 0.5) is 10.1 Å². The van der Waals surface area contributed by atoms with Gasteiger partial charge in [-0.3, -0.25) is 0 Å². The van der Waals surface area contributed by atoms with E-state index in [1.54, 1.807) is 0 Å². The number of nitrogens with one attached hydrogen (secondary N) is 1. The van der Waals surface area contributed by atoms with Crippen molar-refractivity contribution in [2.45, 2.75) is 25.7 Å². The Morgan fingerprint density at radius 3 is 2.65 bits per heavy atom. The molecule has 0 amide bonds. The molecule has 0 bridgehead atoms. The molecule has 1 aliphatic heterocycles. The maximum absolute atomic E-state index is 14.2. The van der Waals surface area contributed by atoms with Crippen molar-refractivity contribution >= 4 is 5.69 Å². The molecule has 0 spiro atoms. The number of ether oxygens (including phenoxy) is 1. The van der Waals surface area contributed by atoms with Crippen LogP contribution in [0.15, 0.2) is 18.2 Å². The Labute approximate surface area is 120 Å². The molecule has 4 heteroatoms.